The fraction of sp³-hybridized carbons (Fsp3) is 0.500. The smallest absolute Gasteiger partial charge is 0.217 e. The average Bonchev–Trinajstić information content (AvgIpc) is 3.44. The first kappa shape index (κ1) is 33.2. The monoisotopic (exact) mass is 520 g/mol. The largest absolute Gasteiger partial charge is 0.491 e. The molecule has 10 heteroatoms. The first-order valence-electron chi connectivity index (χ1n) is 12.4. The number of amidine groups is 1. The van der Waals surface area contributed by atoms with E-state index >= 15 is 0 Å². The Morgan fingerprint density at radius 1 is 1.14 bits per heavy atom. The van der Waals surface area contributed by atoms with E-state index in [0.29, 0.717) is 29.3 Å². The summed E-state index contributed by atoms with van der Waals surface area (Å²) in [7, 11) is 5.30. The van der Waals surface area contributed by atoms with Crippen molar-refractivity contribution in [2.75, 3.05) is 33.1 Å². The minimum absolute atomic E-state index is 0.0345. The van der Waals surface area contributed by atoms with Crippen LogP contribution in [0.1, 0.15) is 69.3 Å². The van der Waals surface area contributed by atoms with Crippen LogP contribution in [-0.2, 0) is 11.2 Å². The van der Waals surface area contributed by atoms with Crippen LogP contribution in [-0.4, -0.2) is 54.6 Å². The van der Waals surface area contributed by atoms with E-state index in [1.54, 1.807) is 32.4 Å². The van der Waals surface area contributed by atoms with Crippen LogP contribution in [0.5, 0.6) is 5.75 Å². The molecule has 1 aromatic carbocycles. The Morgan fingerprint density at radius 2 is 1.78 bits per heavy atom. The lowest BCUT2D eigenvalue weighted by atomic mass is 9.99. The number of aromatic nitrogens is 1. The van der Waals surface area contributed by atoms with Gasteiger partial charge in [-0.25, -0.2) is 13.9 Å². The van der Waals surface area contributed by atoms with Crippen LogP contribution in [0, 0.1) is 0 Å². The lowest BCUT2D eigenvalue weighted by molar-refractivity contribution is 0.112. The lowest BCUT2D eigenvalue weighted by Crippen LogP contribution is -2.45. The number of anilines is 1. The molecule has 1 aliphatic rings. The molecule has 202 valence electrons. The van der Waals surface area contributed by atoms with Crippen LogP contribution in [0.4, 0.5) is 5.82 Å². The van der Waals surface area contributed by atoms with Crippen molar-refractivity contribution in [1.82, 2.24) is 15.0 Å². The number of pyridine rings is 1. The highest BCUT2D eigenvalue weighted by Gasteiger charge is 2.33. The molecule has 1 fully saturated rings. The molecular weight excluding hydrogens is 476 g/mol. The van der Waals surface area contributed by atoms with Crippen molar-refractivity contribution in [1.29, 1.82) is 0 Å². The second kappa shape index (κ2) is 19.4. The van der Waals surface area contributed by atoms with Gasteiger partial charge in [0, 0.05) is 18.8 Å². The summed E-state index contributed by atoms with van der Waals surface area (Å²) < 4.78 is 23.9. The van der Waals surface area contributed by atoms with Crippen LogP contribution in [0.2, 0.25) is 0 Å². The van der Waals surface area contributed by atoms with Crippen molar-refractivity contribution in [3.63, 3.8) is 0 Å². The fourth-order valence-corrected chi connectivity index (χ4v) is 3.75. The molecule has 5 N–H and O–H groups in total. The summed E-state index contributed by atoms with van der Waals surface area (Å²) >= 11 is -1.54. The summed E-state index contributed by atoms with van der Waals surface area (Å²) in [6.45, 7) is 8.59. The molecule has 1 atom stereocenters. The van der Waals surface area contributed by atoms with Crippen molar-refractivity contribution in [3.05, 3.63) is 53.7 Å². The number of nitrogens with zero attached hydrogens (tertiary/aromatic N) is 2. The van der Waals surface area contributed by atoms with Gasteiger partial charge in [-0.2, -0.15) is 4.40 Å². The molecule has 9 nitrogen and oxygen atoms in total. The van der Waals surface area contributed by atoms with Gasteiger partial charge in [-0.1, -0.05) is 52.7 Å². The summed E-state index contributed by atoms with van der Waals surface area (Å²) in [6.07, 6.45) is 7.04. The predicted molar refractivity (Wildman–Crippen MR) is 152 cm³/mol. The molecule has 0 spiro atoms. The first-order valence-corrected chi connectivity index (χ1v) is 13.5. The van der Waals surface area contributed by atoms with E-state index in [4.69, 9.17) is 10.5 Å². The number of carbonyl (C=O) groups excluding carboxylic acids is 1. The van der Waals surface area contributed by atoms with Crippen molar-refractivity contribution < 1.29 is 13.7 Å². The van der Waals surface area contributed by atoms with Gasteiger partial charge in [-0.3, -0.25) is 4.79 Å². The van der Waals surface area contributed by atoms with E-state index in [1.807, 2.05) is 59.0 Å². The number of carbonyl (C=O) groups is 1. The molecular formula is C26H44N6O3S. The molecule has 1 aliphatic carbocycles. The fourth-order valence-electron chi connectivity index (χ4n) is 3.38. The minimum atomic E-state index is -1.54. The molecule has 0 radical (unpaired) electrons. The van der Waals surface area contributed by atoms with Gasteiger partial charge in [-0.05, 0) is 51.2 Å². The third kappa shape index (κ3) is 11.3. The first-order chi connectivity index (χ1) is 17.5. The topological polar surface area (TPSA) is 131 Å². The second-order valence-electron chi connectivity index (χ2n) is 7.29. The summed E-state index contributed by atoms with van der Waals surface area (Å²) in [5.41, 5.74) is 7.28. The zero-order chi connectivity index (χ0) is 27.4. The van der Waals surface area contributed by atoms with Gasteiger partial charge >= 0.3 is 0 Å². The third-order valence-corrected chi connectivity index (χ3v) is 6.00. The highest BCUT2D eigenvalue weighted by Crippen LogP contribution is 2.30. The van der Waals surface area contributed by atoms with Gasteiger partial charge in [0.25, 0.3) is 0 Å². The zero-order valence-corrected chi connectivity index (χ0v) is 23.6. The van der Waals surface area contributed by atoms with Crippen LogP contribution in [0.25, 0.3) is 0 Å². The van der Waals surface area contributed by atoms with E-state index in [1.165, 1.54) is 12.8 Å². The van der Waals surface area contributed by atoms with Crippen LogP contribution in [0.3, 0.4) is 0 Å². The van der Waals surface area contributed by atoms with Crippen molar-refractivity contribution >= 4 is 29.1 Å². The molecule has 0 amide bonds. The molecule has 1 heterocycles. The molecule has 0 aliphatic heterocycles. The maximum atomic E-state index is 11.5. The Hall–Kier alpha value is -2.82. The van der Waals surface area contributed by atoms with E-state index in [-0.39, 0.29) is 11.4 Å². The van der Waals surface area contributed by atoms with Crippen molar-refractivity contribution in [2.45, 2.75) is 58.9 Å². The van der Waals surface area contributed by atoms with Gasteiger partial charge in [-0.15, -0.1) is 0 Å². The predicted octanol–water partition coefficient (Wildman–Crippen LogP) is 4.09. The number of para-hydroxylation sites is 1. The standard InChI is InChI=1S/C15H24N4O2S.C7H8N2O.2C2H6/c1-17-15(9-5-6-10-15)11-21-13-8-4-3-7-12(13)14(16)19-22(20)18-2;1-8-7-4-6(5-10)2-3-9-7;2*1-2/h3-4,7-8,17-18H,5-6,9-11H2,1-2H3,(H2,16,19);2-5H,1H3,(H,8,9);2*1-2H3. The van der Waals surface area contributed by atoms with Gasteiger partial charge in [0.05, 0.1) is 11.1 Å². The molecule has 1 aromatic heterocycles. The third-order valence-electron chi connectivity index (χ3n) is 5.29. The number of nitrogens with two attached hydrogens (primary N) is 1. The maximum Gasteiger partial charge on any atom is 0.217 e. The summed E-state index contributed by atoms with van der Waals surface area (Å²) in [5, 5.41) is 6.22. The number of hydrogen-bond donors (Lipinski definition) is 4. The molecule has 3 rings (SSSR count). The Kier molecular flexibility index (Phi) is 17.9. The zero-order valence-electron chi connectivity index (χ0n) is 22.8. The summed E-state index contributed by atoms with van der Waals surface area (Å²) in [6, 6.07) is 10.8. The number of likely N-dealkylation sites (N-methyl/N-ethyl adjacent to an activating group) is 1. The Balaban J connectivity index is 0.000000730. The van der Waals surface area contributed by atoms with Gasteiger partial charge in [0.1, 0.15) is 30.3 Å². The van der Waals surface area contributed by atoms with Crippen LogP contribution < -0.4 is 25.8 Å². The maximum absolute atomic E-state index is 11.5. The second-order valence-corrected chi connectivity index (χ2v) is 8.38. The Bertz CT molecular complexity index is 933. The lowest BCUT2D eigenvalue weighted by Gasteiger charge is -2.28. The molecule has 1 saturated carbocycles. The quantitative estimate of drug-likeness (QED) is 0.222. The van der Waals surface area contributed by atoms with Gasteiger partial charge < -0.3 is 21.1 Å². The number of ether oxygens (including phenoxy) is 1. The van der Waals surface area contributed by atoms with E-state index in [9.17, 15) is 9.00 Å². The van der Waals surface area contributed by atoms with Crippen molar-refractivity contribution in [3.8, 4) is 5.75 Å². The number of benzene rings is 1. The highest BCUT2D eigenvalue weighted by molar-refractivity contribution is 7.81. The van der Waals surface area contributed by atoms with E-state index in [2.05, 4.69) is 24.7 Å². The van der Waals surface area contributed by atoms with Gasteiger partial charge in [0.2, 0.25) is 11.2 Å². The Morgan fingerprint density at radius 3 is 2.33 bits per heavy atom. The highest BCUT2D eigenvalue weighted by atomic mass is 32.2. The summed E-state index contributed by atoms with van der Waals surface area (Å²) in [5.74, 6) is 1.58. The number of nitrogens with one attached hydrogen (secondary N) is 3. The molecule has 0 bridgehead atoms. The average molecular weight is 521 g/mol. The van der Waals surface area contributed by atoms with Crippen molar-refractivity contribution in [2.24, 2.45) is 10.1 Å². The number of aldehydes is 1. The van der Waals surface area contributed by atoms with Crippen LogP contribution in [0.15, 0.2) is 47.0 Å². The number of rotatable bonds is 9. The normalized spacial score (nSPS) is 14.5. The van der Waals surface area contributed by atoms with E-state index in [0.717, 1.165) is 19.1 Å². The molecule has 0 saturated heterocycles. The van der Waals surface area contributed by atoms with Crippen LogP contribution >= 0.6 is 0 Å². The SMILES string of the molecule is CC.CC.CNS(=O)/N=C(/N)c1ccccc1OCC1(NC)CCCC1.CNc1cc(C=O)ccn1. The molecule has 36 heavy (non-hydrogen) atoms. The number of hydrogen-bond acceptors (Lipinski definition) is 6. The Labute approximate surface area is 219 Å². The molecule has 2 aromatic rings. The van der Waals surface area contributed by atoms with Gasteiger partial charge in [0.15, 0.2) is 0 Å². The minimum Gasteiger partial charge on any atom is -0.491 e. The van der Waals surface area contributed by atoms with E-state index < -0.39 is 11.2 Å². The molecule has 1 unspecified atom stereocenters. The summed E-state index contributed by atoms with van der Waals surface area (Å²) in [4.78, 5) is 14.2.